The Morgan fingerprint density at radius 1 is 1.15 bits per heavy atom. The van der Waals surface area contributed by atoms with Crippen LogP contribution in [0.1, 0.15) is 18.9 Å². The van der Waals surface area contributed by atoms with Gasteiger partial charge in [0.25, 0.3) is 0 Å². The minimum absolute atomic E-state index is 0.147. The van der Waals surface area contributed by atoms with E-state index < -0.39 is 22.6 Å². The minimum atomic E-state index is -4.35. The van der Waals surface area contributed by atoms with Crippen LogP contribution in [0.4, 0.5) is 24.5 Å². The van der Waals surface area contributed by atoms with Crippen LogP contribution >= 0.6 is 0 Å². The van der Waals surface area contributed by atoms with Gasteiger partial charge in [0, 0.05) is 41.7 Å². The van der Waals surface area contributed by atoms with Gasteiger partial charge in [0.05, 0.1) is 29.8 Å². The molecule has 0 bridgehead atoms. The van der Waals surface area contributed by atoms with Gasteiger partial charge in [0.15, 0.2) is 9.84 Å². The van der Waals surface area contributed by atoms with Gasteiger partial charge in [0.2, 0.25) is 0 Å². The van der Waals surface area contributed by atoms with Gasteiger partial charge in [-0.1, -0.05) is 18.8 Å². The summed E-state index contributed by atoms with van der Waals surface area (Å²) < 4.78 is 70.1. The van der Waals surface area contributed by atoms with Crippen LogP contribution in [0.5, 0.6) is 5.75 Å². The van der Waals surface area contributed by atoms with E-state index in [0.29, 0.717) is 28.4 Å². The van der Waals surface area contributed by atoms with Crippen molar-refractivity contribution in [1.82, 2.24) is 9.47 Å². The first-order chi connectivity index (χ1) is 18.3. The van der Waals surface area contributed by atoms with Crippen molar-refractivity contribution in [2.75, 3.05) is 50.7 Å². The smallest absolute Gasteiger partial charge is 0.406 e. The number of hydrogen-bond donors (Lipinski definition) is 2. The number of ether oxygens (including phenoxy) is 1. The maximum atomic E-state index is 13.3. The normalized spacial score (nSPS) is 18.4. The fraction of sp³-hybridized carbons (Fsp3) is 0.429. The lowest BCUT2D eigenvalue weighted by Crippen LogP contribution is -2.43. The van der Waals surface area contributed by atoms with E-state index in [1.807, 2.05) is 6.07 Å². The average Bonchev–Trinajstić information content (AvgIpc) is 3.24. The summed E-state index contributed by atoms with van der Waals surface area (Å²) in [5, 5.41) is 7.38. The highest BCUT2D eigenvalue weighted by molar-refractivity contribution is 7.90. The van der Waals surface area contributed by atoms with E-state index in [0.717, 1.165) is 36.8 Å². The lowest BCUT2D eigenvalue weighted by molar-refractivity contribution is -0.139. The third kappa shape index (κ3) is 7.19. The molecule has 1 saturated heterocycles. The fourth-order valence-corrected chi connectivity index (χ4v) is 5.58. The quantitative estimate of drug-likeness (QED) is 0.402. The van der Waals surface area contributed by atoms with Gasteiger partial charge in [-0.3, -0.25) is 0 Å². The summed E-state index contributed by atoms with van der Waals surface area (Å²) in [7, 11) is 0.162. The van der Waals surface area contributed by atoms with E-state index >= 15 is 0 Å². The molecule has 0 aliphatic carbocycles. The molecule has 210 valence electrons. The zero-order valence-corrected chi connectivity index (χ0v) is 23.2. The van der Waals surface area contributed by atoms with Crippen molar-refractivity contribution in [2.45, 2.75) is 37.0 Å². The number of nitrogens with zero attached hydrogens (tertiary/aromatic N) is 2. The Morgan fingerprint density at radius 3 is 2.59 bits per heavy atom. The number of hydrogen-bond acceptors (Lipinski definition) is 6. The van der Waals surface area contributed by atoms with Crippen molar-refractivity contribution in [3.05, 3.63) is 48.2 Å². The lowest BCUT2D eigenvalue weighted by atomic mass is 9.93. The fourth-order valence-electron chi connectivity index (χ4n) is 4.93. The van der Waals surface area contributed by atoms with Crippen LogP contribution < -0.4 is 15.4 Å². The molecule has 2 heterocycles. The number of benzene rings is 2. The van der Waals surface area contributed by atoms with Gasteiger partial charge >= 0.3 is 6.18 Å². The summed E-state index contributed by atoms with van der Waals surface area (Å²) >= 11 is 0. The Hall–Kier alpha value is -3.36. The molecule has 1 fully saturated rings. The molecule has 0 saturated carbocycles. The summed E-state index contributed by atoms with van der Waals surface area (Å²) in [4.78, 5) is 2.42. The number of nitrogens with one attached hydrogen (secondary N) is 2. The number of halogens is 3. The third-order valence-corrected chi connectivity index (χ3v) is 8.00. The maximum absolute atomic E-state index is 13.3. The lowest BCUT2D eigenvalue weighted by Gasteiger charge is -2.36. The monoisotopic (exact) mass is 562 g/mol. The second-order valence-electron chi connectivity index (χ2n) is 10.1. The van der Waals surface area contributed by atoms with Crippen molar-refractivity contribution in [3.63, 3.8) is 0 Å². The van der Waals surface area contributed by atoms with Crippen molar-refractivity contribution < 1.29 is 26.3 Å². The van der Waals surface area contributed by atoms with Crippen LogP contribution in [-0.2, 0) is 16.4 Å². The van der Waals surface area contributed by atoms with Crippen molar-refractivity contribution in [1.29, 1.82) is 0 Å². The number of sulfone groups is 1. The summed E-state index contributed by atoms with van der Waals surface area (Å²) in [6.07, 6.45) is -0.841. The molecule has 4 rings (SSSR count). The third-order valence-electron chi connectivity index (χ3n) is 6.89. The second-order valence-corrected chi connectivity index (χ2v) is 12.1. The summed E-state index contributed by atoms with van der Waals surface area (Å²) in [5.74, 6) is 6.88. The van der Waals surface area contributed by atoms with Gasteiger partial charge in [-0.05, 0) is 62.3 Å². The van der Waals surface area contributed by atoms with E-state index in [1.54, 1.807) is 18.2 Å². The summed E-state index contributed by atoms with van der Waals surface area (Å²) in [6.45, 7) is 3.12. The second kappa shape index (κ2) is 11.4. The van der Waals surface area contributed by atoms with Gasteiger partial charge < -0.3 is 24.8 Å². The van der Waals surface area contributed by atoms with Crippen LogP contribution in [0, 0.1) is 17.8 Å². The molecule has 3 aromatic rings. The highest BCUT2D eigenvalue weighted by atomic mass is 32.2. The number of methoxy groups -OCH3 is 1. The Kier molecular flexibility index (Phi) is 8.37. The number of aromatic nitrogens is 1. The standard InChI is InChI=1S/C28H33F3N4O3S/c1-19-17-34(2)12-10-23(19)33-24-14-20(15-26-22(24)9-13-35(26)18-28(29,30)31)6-5-11-32-25-16-21(39(4,36)37)7-8-27(25)38-3/h7-9,13-16,19,23,32-33H,10-12,17-18H2,1-4H3/t19-,23-/m0/s1. The maximum Gasteiger partial charge on any atom is 0.406 e. The Bertz CT molecular complexity index is 1510. The Balaban J connectivity index is 1.62. The number of piperidine rings is 1. The molecule has 39 heavy (non-hydrogen) atoms. The number of likely N-dealkylation sites (tertiary alicyclic amines) is 1. The Labute approximate surface area is 227 Å². The molecular weight excluding hydrogens is 529 g/mol. The van der Waals surface area contributed by atoms with Gasteiger partial charge in [-0.25, -0.2) is 8.42 Å². The molecule has 1 aliphatic rings. The van der Waals surface area contributed by atoms with E-state index in [1.165, 1.54) is 30.0 Å². The van der Waals surface area contributed by atoms with Gasteiger partial charge in [-0.2, -0.15) is 13.2 Å². The largest absolute Gasteiger partial charge is 0.495 e. The highest BCUT2D eigenvalue weighted by Crippen LogP contribution is 2.32. The molecule has 2 N–H and O–H groups in total. The first-order valence-corrected chi connectivity index (χ1v) is 14.5. The predicted octanol–water partition coefficient (Wildman–Crippen LogP) is 4.83. The SMILES string of the molecule is COc1ccc(S(C)(=O)=O)cc1NCC#Cc1cc(N[C@H]2CCN(C)C[C@@H]2C)c2ccn(CC(F)(F)F)c2c1. The number of anilines is 2. The molecule has 1 aliphatic heterocycles. The van der Waals surface area contributed by atoms with Gasteiger partial charge in [-0.15, -0.1) is 0 Å². The molecular formula is C28H33F3N4O3S. The van der Waals surface area contributed by atoms with E-state index in [-0.39, 0.29) is 17.5 Å². The summed E-state index contributed by atoms with van der Waals surface area (Å²) in [5.41, 5.74) is 2.27. The average molecular weight is 563 g/mol. The van der Waals surface area contributed by atoms with Crippen LogP contribution in [-0.4, -0.2) is 70.2 Å². The first kappa shape index (κ1) is 28.6. The topological polar surface area (TPSA) is 75.6 Å². The van der Waals surface area contributed by atoms with E-state index in [9.17, 15) is 21.6 Å². The molecule has 7 nitrogen and oxygen atoms in total. The first-order valence-electron chi connectivity index (χ1n) is 12.6. The highest BCUT2D eigenvalue weighted by Gasteiger charge is 2.29. The number of alkyl halides is 3. The molecule has 2 aromatic carbocycles. The van der Waals surface area contributed by atoms with Crippen molar-refractivity contribution >= 4 is 32.1 Å². The molecule has 0 radical (unpaired) electrons. The van der Waals surface area contributed by atoms with Crippen molar-refractivity contribution in [2.24, 2.45) is 5.92 Å². The molecule has 2 atom stereocenters. The summed E-state index contributed by atoms with van der Waals surface area (Å²) in [6, 6.07) is 9.97. The molecule has 0 unspecified atom stereocenters. The van der Waals surface area contributed by atoms with Crippen molar-refractivity contribution in [3.8, 4) is 17.6 Å². The van der Waals surface area contributed by atoms with E-state index in [4.69, 9.17) is 4.74 Å². The number of rotatable bonds is 7. The zero-order valence-electron chi connectivity index (χ0n) is 22.4. The van der Waals surface area contributed by atoms with Gasteiger partial charge in [0.1, 0.15) is 12.3 Å². The van der Waals surface area contributed by atoms with Crippen LogP contribution in [0.15, 0.2) is 47.5 Å². The van der Waals surface area contributed by atoms with E-state index in [2.05, 4.69) is 41.3 Å². The number of fused-ring (bicyclic) bond motifs is 1. The predicted molar refractivity (Wildman–Crippen MR) is 148 cm³/mol. The van der Waals surface area contributed by atoms with Crippen LogP contribution in [0.3, 0.4) is 0 Å². The molecule has 0 amide bonds. The zero-order chi connectivity index (χ0) is 28.4. The Morgan fingerprint density at radius 2 is 1.92 bits per heavy atom. The molecule has 11 heteroatoms. The van der Waals surface area contributed by atoms with Crippen LogP contribution in [0.25, 0.3) is 10.9 Å². The minimum Gasteiger partial charge on any atom is -0.495 e. The molecule has 1 aromatic heterocycles. The molecule has 0 spiro atoms. The van der Waals surface area contributed by atoms with Crippen LogP contribution in [0.2, 0.25) is 0 Å².